The van der Waals surface area contributed by atoms with Crippen molar-refractivity contribution in [3.8, 4) is 0 Å². The van der Waals surface area contributed by atoms with E-state index in [1.54, 1.807) is 0 Å². The van der Waals surface area contributed by atoms with Gasteiger partial charge < -0.3 is 4.98 Å². The Hall–Kier alpha value is -0.220. The highest BCUT2D eigenvalue weighted by Gasteiger charge is 2.60. The van der Waals surface area contributed by atoms with Crippen LogP contribution in [0.4, 0.5) is 0 Å². The van der Waals surface area contributed by atoms with Crippen LogP contribution < -0.4 is 4.87 Å². The molecule has 20 heavy (non-hydrogen) atoms. The highest BCUT2D eigenvalue weighted by Crippen LogP contribution is 2.67. The maximum Gasteiger partial charge on any atom is 0.305 e. The van der Waals surface area contributed by atoms with Gasteiger partial charge in [0.15, 0.2) is 0 Å². The Morgan fingerprint density at radius 1 is 1.10 bits per heavy atom. The summed E-state index contributed by atoms with van der Waals surface area (Å²) in [6, 6.07) is 0. The maximum absolute atomic E-state index is 11.9. The Labute approximate surface area is 127 Å². The van der Waals surface area contributed by atoms with E-state index in [1.165, 1.54) is 72.6 Å². The van der Waals surface area contributed by atoms with Crippen molar-refractivity contribution in [1.29, 1.82) is 0 Å². The molecule has 2 heterocycles. The fraction of sp³-hybridized carbons (Fsp3) is 0.812. The second-order valence-corrected chi connectivity index (χ2v) is 9.50. The predicted molar refractivity (Wildman–Crippen MR) is 83.7 cm³/mol. The highest BCUT2D eigenvalue weighted by molar-refractivity contribution is 8.00. The fourth-order valence-corrected chi connectivity index (χ4v) is 9.09. The normalized spacial score (nSPS) is 40.8. The quantitative estimate of drug-likeness (QED) is 0.780. The van der Waals surface area contributed by atoms with E-state index < -0.39 is 0 Å². The number of aromatic nitrogens is 1. The predicted octanol–water partition coefficient (Wildman–Crippen LogP) is 4.16. The van der Waals surface area contributed by atoms with Gasteiger partial charge in [-0.25, -0.2) is 0 Å². The molecule has 1 N–H and O–H groups in total. The second-order valence-electron chi connectivity index (χ2n) is 7.33. The van der Waals surface area contributed by atoms with Crippen molar-refractivity contribution in [2.45, 2.75) is 67.1 Å². The lowest BCUT2D eigenvalue weighted by molar-refractivity contribution is 0.135. The Bertz CT molecular complexity index is 598. The number of fused-ring (bicyclic) bond motifs is 8. The number of aromatic amines is 1. The van der Waals surface area contributed by atoms with Gasteiger partial charge in [0.25, 0.3) is 0 Å². The van der Waals surface area contributed by atoms with Crippen LogP contribution in [0.1, 0.15) is 56.2 Å². The molecule has 108 valence electrons. The largest absolute Gasteiger partial charge is 0.307 e. The van der Waals surface area contributed by atoms with Gasteiger partial charge in [-0.05, 0) is 49.9 Å². The lowest BCUT2D eigenvalue weighted by atomic mass is 9.60. The number of nitrogens with one attached hydrogen (secondary N) is 1. The summed E-state index contributed by atoms with van der Waals surface area (Å²) in [4.78, 5) is 16.7. The summed E-state index contributed by atoms with van der Waals surface area (Å²) in [6.45, 7) is 0. The number of rotatable bonds is 0. The van der Waals surface area contributed by atoms with E-state index in [-0.39, 0.29) is 4.87 Å². The first-order valence-electron chi connectivity index (χ1n) is 8.18. The average molecular weight is 307 g/mol. The summed E-state index contributed by atoms with van der Waals surface area (Å²) < 4.78 is 0. The van der Waals surface area contributed by atoms with Crippen molar-refractivity contribution in [1.82, 2.24) is 4.98 Å². The van der Waals surface area contributed by atoms with Crippen LogP contribution in [0.5, 0.6) is 0 Å². The van der Waals surface area contributed by atoms with E-state index in [2.05, 4.69) is 4.98 Å². The van der Waals surface area contributed by atoms with Gasteiger partial charge in [0.05, 0.1) is 5.03 Å². The maximum atomic E-state index is 11.9. The molecule has 0 aromatic carbocycles. The highest BCUT2D eigenvalue weighted by atomic mass is 32.2. The molecule has 5 rings (SSSR count). The lowest BCUT2D eigenvalue weighted by Crippen LogP contribution is -2.47. The first-order valence-corrected chi connectivity index (χ1v) is 9.88. The molecule has 0 amide bonds. The molecule has 1 aromatic heterocycles. The Balaban J connectivity index is 1.70. The first kappa shape index (κ1) is 12.3. The third-order valence-electron chi connectivity index (χ3n) is 6.55. The molecule has 4 heteroatoms. The van der Waals surface area contributed by atoms with Crippen LogP contribution in [0.15, 0.2) is 9.82 Å². The zero-order valence-electron chi connectivity index (χ0n) is 11.7. The van der Waals surface area contributed by atoms with Gasteiger partial charge in [-0.2, -0.15) is 0 Å². The van der Waals surface area contributed by atoms with Crippen LogP contribution in [-0.2, 0) is 5.41 Å². The van der Waals surface area contributed by atoms with Gasteiger partial charge in [-0.1, -0.05) is 30.6 Å². The number of hydrogen-bond donors (Lipinski definition) is 1. The third kappa shape index (κ3) is 1.45. The third-order valence-corrected chi connectivity index (χ3v) is 9.27. The molecule has 0 radical (unpaired) electrons. The number of thiazole rings is 1. The van der Waals surface area contributed by atoms with Crippen LogP contribution in [-0.4, -0.2) is 10.2 Å². The van der Waals surface area contributed by atoms with Crippen molar-refractivity contribution in [2.24, 2.45) is 17.8 Å². The van der Waals surface area contributed by atoms with Crippen LogP contribution in [0.2, 0.25) is 0 Å². The molecule has 1 spiro atoms. The first-order chi connectivity index (χ1) is 9.78. The zero-order chi connectivity index (χ0) is 13.3. The molecule has 3 aliphatic carbocycles. The van der Waals surface area contributed by atoms with E-state index in [0.717, 1.165) is 23.0 Å². The van der Waals surface area contributed by atoms with Gasteiger partial charge in [0.2, 0.25) is 0 Å². The molecule has 2 bridgehead atoms. The SMILES string of the molecule is O=c1[nH]c2c(s1)C1(CCCCC1)[C@H]1[C@H]3CC[C@@H](C3)[C@@H]1S2. The average Bonchev–Trinajstić information content (AvgIpc) is 3.14. The van der Waals surface area contributed by atoms with Crippen molar-refractivity contribution in [3.63, 3.8) is 0 Å². The molecular weight excluding hydrogens is 286 g/mol. The van der Waals surface area contributed by atoms with E-state index in [0.29, 0.717) is 5.41 Å². The van der Waals surface area contributed by atoms with E-state index in [4.69, 9.17) is 0 Å². The lowest BCUT2D eigenvalue weighted by Gasteiger charge is -2.51. The fourth-order valence-electron chi connectivity index (χ4n) is 5.93. The van der Waals surface area contributed by atoms with Gasteiger partial charge in [0.1, 0.15) is 0 Å². The molecule has 1 aliphatic heterocycles. The molecule has 0 saturated heterocycles. The Kier molecular flexibility index (Phi) is 2.57. The smallest absolute Gasteiger partial charge is 0.305 e. The van der Waals surface area contributed by atoms with Crippen LogP contribution >= 0.6 is 23.1 Å². The number of thioether (sulfide) groups is 1. The van der Waals surface area contributed by atoms with Crippen LogP contribution in [0, 0.1) is 17.8 Å². The Morgan fingerprint density at radius 3 is 2.75 bits per heavy atom. The minimum atomic E-state index is 0.180. The van der Waals surface area contributed by atoms with Gasteiger partial charge in [-0.3, -0.25) is 4.79 Å². The monoisotopic (exact) mass is 307 g/mol. The summed E-state index contributed by atoms with van der Waals surface area (Å²) in [5.41, 5.74) is 0.382. The minimum absolute atomic E-state index is 0.180. The topological polar surface area (TPSA) is 32.9 Å². The molecule has 3 saturated carbocycles. The Morgan fingerprint density at radius 2 is 1.90 bits per heavy atom. The molecule has 4 atom stereocenters. The van der Waals surface area contributed by atoms with Crippen molar-refractivity contribution < 1.29 is 0 Å². The van der Waals surface area contributed by atoms with E-state index >= 15 is 0 Å². The van der Waals surface area contributed by atoms with Gasteiger partial charge >= 0.3 is 4.87 Å². The second kappa shape index (κ2) is 4.16. The van der Waals surface area contributed by atoms with E-state index in [1.807, 2.05) is 11.8 Å². The molecule has 2 nitrogen and oxygen atoms in total. The van der Waals surface area contributed by atoms with Gasteiger partial charge in [-0.15, -0.1) is 11.8 Å². The number of hydrogen-bond acceptors (Lipinski definition) is 3. The number of H-pyrrole nitrogens is 1. The summed E-state index contributed by atoms with van der Waals surface area (Å²) in [7, 11) is 0. The summed E-state index contributed by atoms with van der Waals surface area (Å²) >= 11 is 3.57. The summed E-state index contributed by atoms with van der Waals surface area (Å²) in [5, 5.41) is 2.07. The van der Waals surface area contributed by atoms with Crippen molar-refractivity contribution >= 4 is 23.1 Å². The minimum Gasteiger partial charge on any atom is -0.307 e. The molecule has 3 fully saturated rings. The van der Waals surface area contributed by atoms with Crippen LogP contribution in [0.25, 0.3) is 0 Å². The standard InChI is InChI=1S/C16H21NOS2/c18-15-17-14-13(20-15)16(6-2-1-3-7-16)11-9-4-5-10(8-9)12(11)19-14/h9-12H,1-8H2,(H,17,18)/t9-,10-,11-,12-/m0/s1. The summed E-state index contributed by atoms with van der Waals surface area (Å²) in [5.74, 6) is 2.77. The van der Waals surface area contributed by atoms with Crippen molar-refractivity contribution in [3.05, 3.63) is 14.5 Å². The zero-order valence-corrected chi connectivity index (χ0v) is 13.3. The van der Waals surface area contributed by atoms with E-state index in [9.17, 15) is 4.79 Å². The molecule has 1 aromatic rings. The van der Waals surface area contributed by atoms with Crippen molar-refractivity contribution in [2.75, 3.05) is 0 Å². The molecular formula is C16H21NOS2. The summed E-state index contributed by atoms with van der Waals surface area (Å²) in [6.07, 6.45) is 11.2. The van der Waals surface area contributed by atoms with Gasteiger partial charge in [0, 0.05) is 15.5 Å². The molecule has 4 aliphatic rings. The van der Waals surface area contributed by atoms with Crippen LogP contribution in [0.3, 0.4) is 0 Å². The molecule has 0 unspecified atom stereocenters.